The predicted octanol–water partition coefficient (Wildman–Crippen LogP) is 4.90. The molecule has 2 aromatic carbocycles. The number of rotatable bonds is 4. The van der Waals surface area contributed by atoms with Crippen LogP contribution >= 0.6 is 0 Å². The first-order valence-electron chi connectivity index (χ1n) is 20.7. The highest BCUT2D eigenvalue weighted by Gasteiger charge is 2.36. The molecular formula is C43H52N12O5. The molecule has 3 aliphatic rings. The number of benzene rings is 2. The summed E-state index contributed by atoms with van der Waals surface area (Å²) in [6, 6.07) is 11.6. The van der Waals surface area contributed by atoms with Crippen molar-refractivity contribution in [3.8, 4) is 0 Å². The third-order valence-electron chi connectivity index (χ3n) is 12.2. The van der Waals surface area contributed by atoms with E-state index < -0.39 is 23.6 Å². The number of carbonyl (C=O) groups is 4. The zero-order valence-corrected chi connectivity index (χ0v) is 34.5. The lowest BCUT2D eigenvalue weighted by Crippen LogP contribution is -2.46. The summed E-state index contributed by atoms with van der Waals surface area (Å²) in [4.78, 5) is 58.1. The van der Waals surface area contributed by atoms with E-state index in [1.165, 1.54) is 6.20 Å². The fourth-order valence-electron chi connectivity index (χ4n) is 9.04. The molecule has 6 aromatic rings. The second kappa shape index (κ2) is 16.7. The van der Waals surface area contributed by atoms with Gasteiger partial charge < -0.3 is 31.3 Å². The number of hydrogen-bond donors (Lipinski definition) is 3. The maximum atomic E-state index is 13.6. The summed E-state index contributed by atoms with van der Waals surface area (Å²) in [6.07, 6.45) is 13.2. The number of carbonyl (C=O) groups excluding carboxylic acids is 4. The molecule has 5 unspecified atom stereocenters. The highest BCUT2D eigenvalue weighted by molar-refractivity contribution is 6.40. The molecule has 3 aliphatic heterocycles. The van der Waals surface area contributed by atoms with Gasteiger partial charge in [-0.15, -0.1) is 0 Å². The van der Waals surface area contributed by atoms with Gasteiger partial charge in [0.1, 0.15) is 17.6 Å². The Bertz CT molecular complexity index is 2590. The van der Waals surface area contributed by atoms with Gasteiger partial charge in [-0.2, -0.15) is 15.3 Å². The highest BCUT2D eigenvalue weighted by atomic mass is 16.5. The van der Waals surface area contributed by atoms with Crippen molar-refractivity contribution in [3.63, 3.8) is 0 Å². The molecule has 60 heavy (non-hydrogen) atoms. The van der Waals surface area contributed by atoms with Gasteiger partial charge in [0.25, 0.3) is 0 Å². The van der Waals surface area contributed by atoms with Crippen LogP contribution in [0, 0.1) is 11.8 Å². The topological polar surface area (TPSA) is 214 Å². The zero-order valence-electron chi connectivity index (χ0n) is 34.5. The third-order valence-corrected chi connectivity index (χ3v) is 12.2. The third kappa shape index (κ3) is 7.76. The van der Waals surface area contributed by atoms with Crippen molar-refractivity contribution >= 4 is 67.8 Å². The number of nitrogens with one attached hydrogen (secondary N) is 1. The van der Waals surface area contributed by atoms with Crippen LogP contribution in [0.2, 0.25) is 0 Å². The van der Waals surface area contributed by atoms with Crippen LogP contribution in [0.3, 0.4) is 0 Å². The molecule has 0 spiro atoms. The van der Waals surface area contributed by atoms with Crippen LogP contribution in [0.5, 0.6) is 0 Å². The molecule has 3 fully saturated rings. The fraction of sp³-hybridized carbons (Fsp3) is 0.442. The van der Waals surface area contributed by atoms with Gasteiger partial charge in [0.2, 0.25) is 0 Å². The van der Waals surface area contributed by atoms with Gasteiger partial charge in [0.15, 0.2) is 0 Å². The quantitative estimate of drug-likeness (QED) is 0.205. The number of aryl methyl sites for hydroxylation is 2. The Balaban J connectivity index is 0.000000193. The Hall–Kier alpha value is -6.36. The van der Waals surface area contributed by atoms with Crippen LogP contribution in [0.25, 0.3) is 32.7 Å². The van der Waals surface area contributed by atoms with Gasteiger partial charge in [-0.05, 0) is 80.0 Å². The van der Waals surface area contributed by atoms with Crippen molar-refractivity contribution in [3.05, 3.63) is 72.3 Å². The van der Waals surface area contributed by atoms with E-state index in [0.29, 0.717) is 48.0 Å². The largest absolute Gasteiger partial charge is 0.383 e. The molecule has 0 radical (unpaired) electrons. The summed E-state index contributed by atoms with van der Waals surface area (Å²) >= 11 is 0. The van der Waals surface area contributed by atoms with Crippen LogP contribution in [-0.4, -0.2) is 87.5 Å². The molecule has 5 N–H and O–H groups in total. The molecule has 4 amide bonds. The summed E-state index contributed by atoms with van der Waals surface area (Å²) in [7, 11) is 3.79. The molecule has 9 rings (SSSR count). The first-order valence-corrected chi connectivity index (χ1v) is 20.7. The van der Waals surface area contributed by atoms with Crippen LogP contribution in [0.1, 0.15) is 88.2 Å². The van der Waals surface area contributed by atoms with Crippen LogP contribution in [-0.2, 0) is 38.0 Å². The first kappa shape index (κ1) is 40.4. The Morgan fingerprint density at radius 2 is 1.33 bits per heavy atom. The monoisotopic (exact) mass is 816 g/mol. The molecule has 17 nitrogen and oxygen atoms in total. The second-order valence-electron chi connectivity index (χ2n) is 16.5. The van der Waals surface area contributed by atoms with Crippen molar-refractivity contribution in [2.24, 2.45) is 31.7 Å². The molecule has 314 valence electrons. The molecule has 5 atom stereocenters. The average molecular weight is 817 g/mol. The number of nitrogen functional groups attached to an aromatic ring is 1. The normalized spacial score (nSPS) is 22.1. The molecular weight excluding hydrogens is 765 g/mol. The van der Waals surface area contributed by atoms with E-state index >= 15 is 0 Å². The smallest absolute Gasteiger partial charge is 0.314 e. The molecule has 3 saturated heterocycles. The number of likely N-dealkylation sites (tertiary alicyclic amines) is 2. The summed E-state index contributed by atoms with van der Waals surface area (Å²) < 4.78 is 11.2. The number of nitrogens with zero attached hydrogens (tertiary/aromatic N) is 9. The standard InChI is InChI=1S/C27H32N8O3.C16H20N4O2/c1-16-9-10-22(17-6-5-7-21-18(17)12-30-33(21)2)34(14-16)27(37)26(36)31-20-13-29-25(28)19-15-35(32-24(19)20)23-8-3-4-11-38-23;1-10-6-7-14(20(9-10)16(22)15(17)21)11-4-3-5-13-12(11)8-18-19(13)2/h5-7,12-13,15-16,22-23H,3-4,8-11,14H2,1-2H3,(H2,28,29)(H,31,36);3-5,8,10,14H,6-7,9H2,1-2H3,(H2,17,21). The maximum Gasteiger partial charge on any atom is 0.314 e. The summed E-state index contributed by atoms with van der Waals surface area (Å²) in [5.41, 5.74) is 16.2. The van der Waals surface area contributed by atoms with E-state index in [0.717, 1.165) is 77.9 Å². The van der Waals surface area contributed by atoms with Crippen molar-refractivity contribution in [2.45, 2.75) is 77.1 Å². The van der Waals surface area contributed by atoms with E-state index in [2.05, 4.69) is 39.4 Å². The lowest BCUT2D eigenvalue weighted by Gasteiger charge is -2.38. The molecule has 7 heterocycles. The minimum Gasteiger partial charge on any atom is -0.383 e. The number of piperidine rings is 2. The van der Waals surface area contributed by atoms with E-state index in [1.54, 1.807) is 20.7 Å². The Morgan fingerprint density at radius 1 is 0.750 bits per heavy atom. The highest BCUT2D eigenvalue weighted by Crippen LogP contribution is 2.39. The number of pyridine rings is 1. The maximum absolute atomic E-state index is 13.6. The summed E-state index contributed by atoms with van der Waals surface area (Å²) in [5, 5.41) is 18.7. The lowest BCUT2D eigenvalue weighted by molar-refractivity contribution is -0.147. The number of hydrogen-bond acceptors (Lipinski definition) is 10. The number of fused-ring (bicyclic) bond motifs is 3. The van der Waals surface area contributed by atoms with E-state index in [9.17, 15) is 19.2 Å². The van der Waals surface area contributed by atoms with Gasteiger partial charge in [-0.3, -0.25) is 28.5 Å². The van der Waals surface area contributed by atoms with Crippen LogP contribution < -0.4 is 16.8 Å². The minimum absolute atomic E-state index is 0.121. The summed E-state index contributed by atoms with van der Waals surface area (Å²) in [6.45, 7) is 5.92. The van der Waals surface area contributed by atoms with Crippen molar-refractivity contribution in [1.29, 1.82) is 0 Å². The Labute approximate surface area is 347 Å². The SMILES string of the molecule is CC1CCC(c2cccc3c2cnn3C)N(C(=O)C(=O)Nc2cnc(N)c3cn(C4CCCCO4)nc23)C1.CC1CCC(c2cccc3c2cnn3C)N(C(=O)C(N)=O)C1. The number of nitrogens with two attached hydrogens (primary N) is 2. The van der Waals surface area contributed by atoms with Crippen LogP contribution in [0.15, 0.2) is 61.2 Å². The Kier molecular flexibility index (Phi) is 11.3. The van der Waals surface area contributed by atoms with E-state index in [4.69, 9.17) is 16.2 Å². The first-order chi connectivity index (χ1) is 28.9. The van der Waals surface area contributed by atoms with Crippen LogP contribution in [0.4, 0.5) is 11.5 Å². The van der Waals surface area contributed by atoms with Crippen molar-refractivity contribution in [2.75, 3.05) is 30.7 Å². The van der Waals surface area contributed by atoms with Gasteiger partial charge in [-0.1, -0.05) is 38.1 Å². The van der Waals surface area contributed by atoms with E-state index in [1.807, 2.05) is 72.3 Å². The van der Waals surface area contributed by atoms with Crippen molar-refractivity contribution < 1.29 is 23.9 Å². The molecule has 4 aromatic heterocycles. The van der Waals surface area contributed by atoms with E-state index in [-0.39, 0.29) is 24.2 Å². The number of primary amides is 1. The molecule has 0 bridgehead atoms. The van der Waals surface area contributed by atoms with Gasteiger partial charge in [0.05, 0.1) is 52.8 Å². The van der Waals surface area contributed by atoms with Gasteiger partial charge in [0, 0.05) is 50.8 Å². The number of ether oxygens (including phenoxy) is 1. The predicted molar refractivity (Wildman–Crippen MR) is 226 cm³/mol. The summed E-state index contributed by atoms with van der Waals surface area (Å²) in [5.74, 6) is -1.84. The molecule has 17 heteroatoms. The zero-order chi connectivity index (χ0) is 42.2. The lowest BCUT2D eigenvalue weighted by atomic mass is 9.88. The second-order valence-corrected chi connectivity index (χ2v) is 16.5. The number of amides is 4. The average Bonchev–Trinajstić information content (AvgIpc) is 3.99. The Morgan fingerprint density at radius 3 is 1.88 bits per heavy atom. The minimum atomic E-state index is -0.891. The number of aromatic nitrogens is 7. The molecule has 0 aliphatic carbocycles. The van der Waals surface area contributed by atoms with Gasteiger partial charge in [-0.25, -0.2) is 9.67 Å². The van der Waals surface area contributed by atoms with Crippen molar-refractivity contribution in [1.82, 2.24) is 44.1 Å². The number of anilines is 2. The van der Waals surface area contributed by atoms with Gasteiger partial charge >= 0.3 is 23.6 Å². The molecule has 0 saturated carbocycles. The fourth-order valence-corrected chi connectivity index (χ4v) is 9.04.